The zero-order valence-electron chi connectivity index (χ0n) is 10.0. The van der Waals surface area contributed by atoms with Crippen molar-refractivity contribution < 1.29 is 12.8 Å². The second kappa shape index (κ2) is 7.06. The summed E-state index contributed by atoms with van der Waals surface area (Å²) < 4.78 is 39.6. The molecule has 4 nitrogen and oxygen atoms in total. The fraction of sp³-hybridized carbons (Fsp3) is 0.455. The average molecular weight is 339 g/mol. The molecule has 0 aliphatic rings. The van der Waals surface area contributed by atoms with E-state index in [1.165, 1.54) is 12.1 Å². The fourth-order valence-corrected chi connectivity index (χ4v) is 3.08. The summed E-state index contributed by atoms with van der Waals surface area (Å²) in [5.74, 6) is -0.638. The van der Waals surface area contributed by atoms with E-state index >= 15 is 0 Å². The van der Waals surface area contributed by atoms with Crippen molar-refractivity contribution >= 4 is 31.6 Å². The van der Waals surface area contributed by atoms with Crippen molar-refractivity contribution in [2.24, 2.45) is 0 Å². The normalized spacial score (nSPS) is 11.5. The van der Waals surface area contributed by atoms with Gasteiger partial charge in [0, 0.05) is 4.47 Å². The van der Waals surface area contributed by atoms with Gasteiger partial charge in [-0.3, -0.25) is 4.72 Å². The summed E-state index contributed by atoms with van der Waals surface area (Å²) in [6.45, 7) is 3.37. The van der Waals surface area contributed by atoms with Gasteiger partial charge in [-0.05, 0) is 47.6 Å². The van der Waals surface area contributed by atoms with Crippen LogP contribution in [0, 0.1) is 5.82 Å². The molecule has 0 heterocycles. The molecule has 0 aliphatic carbocycles. The van der Waals surface area contributed by atoms with Crippen LogP contribution < -0.4 is 10.0 Å². The molecule has 0 radical (unpaired) electrons. The molecule has 0 amide bonds. The van der Waals surface area contributed by atoms with E-state index in [0.717, 1.165) is 6.54 Å². The first-order valence-electron chi connectivity index (χ1n) is 5.61. The molecule has 7 heteroatoms. The van der Waals surface area contributed by atoms with Gasteiger partial charge in [-0.15, -0.1) is 0 Å². The van der Waals surface area contributed by atoms with Crippen molar-refractivity contribution in [3.63, 3.8) is 0 Å². The van der Waals surface area contributed by atoms with Crippen molar-refractivity contribution in [1.29, 1.82) is 0 Å². The first-order chi connectivity index (χ1) is 8.46. The van der Waals surface area contributed by atoms with E-state index in [0.29, 0.717) is 17.4 Å². The van der Waals surface area contributed by atoms with E-state index in [9.17, 15) is 12.8 Å². The summed E-state index contributed by atoms with van der Waals surface area (Å²) in [5, 5.41) is 3.03. The number of sulfonamides is 1. The molecule has 0 atom stereocenters. The van der Waals surface area contributed by atoms with E-state index < -0.39 is 15.8 Å². The summed E-state index contributed by atoms with van der Waals surface area (Å²) in [6.07, 6.45) is 0.481. The first kappa shape index (κ1) is 15.4. The molecule has 0 fully saturated rings. The predicted molar refractivity (Wildman–Crippen MR) is 74.7 cm³/mol. The van der Waals surface area contributed by atoms with Crippen molar-refractivity contribution in [3.8, 4) is 0 Å². The fourth-order valence-electron chi connectivity index (χ4n) is 1.37. The number of hydrogen-bond acceptors (Lipinski definition) is 3. The molecular formula is C11H16BrFN2O2S. The minimum Gasteiger partial charge on any atom is -0.317 e. The Morgan fingerprint density at radius 3 is 2.72 bits per heavy atom. The van der Waals surface area contributed by atoms with Crippen LogP contribution in [0.1, 0.15) is 13.3 Å². The number of rotatable bonds is 7. The first-order valence-corrected chi connectivity index (χ1v) is 8.06. The third kappa shape index (κ3) is 4.91. The molecule has 1 aromatic rings. The Morgan fingerprint density at radius 2 is 2.11 bits per heavy atom. The van der Waals surface area contributed by atoms with Crippen LogP contribution in [0.4, 0.5) is 10.1 Å². The maximum Gasteiger partial charge on any atom is 0.232 e. The molecule has 0 saturated carbocycles. The largest absolute Gasteiger partial charge is 0.317 e. The monoisotopic (exact) mass is 338 g/mol. The highest BCUT2D eigenvalue weighted by atomic mass is 79.9. The lowest BCUT2D eigenvalue weighted by molar-refractivity contribution is 0.592. The Bertz CT molecular complexity index is 474. The van der Waals surface area contributed by atoms with Crippen molar-refractivity contribution in [1.82, 2.24) is 5.32 Å². The van der Waals surface area contributed by atoms with Gasteiger partial charge < -0.3 is 5.32 Å². The molecule has 2 N–H and O–H groups in total. The lowest BCUT2D eigenvalue weighted by Crippen LogP contribution is -2.22. The van der Waals surface area contributed by atoms with E-state index in [1.54, 1.807) is 6.07 Å². The van der Waals surface area contributed by atoms with E-state index in [1.807, 2.05) is 6.92 Å². The van der Waals surface area contributed by atoms with Crippen LogP contribution in [-0.2, 0) is 10.0 Å². The van der Waals surface area contributed by atoms with E-state index in [4.69, 9.17) is 0 Å². The van der Waals surface area contributed by atoms with Crippen LogP contribution in [0.2, 0.25) is 0 Å². The van der Waals surface area contributed by atoms with Crippen molar-refractivity contribution in [2.75, 3.05) is 23.6 Å². The Kier molecular flexibility index (Phi) is 6.04. The molecule has 0 unspecified atom stereocenters. The molecular weight excluding hydrogens is 323 g/mol. The highest BCUT2D eigenvalue weighted by Crippen LogP contribution is 2.26. The summed E-state index contributed by atoms with van der Waals surface area (Å²) in [5.41, 5.74) is -0.0408. The number of nitrogens with one attached hydrogen (secondary N) is 2. The maximum absolute atomic E-state index is 13.5. The minimum absolute atomic E-state index is 0.0408. The number of benzene rings is 1. The average Bonchev–Trinajstić information content (AvgIpc) is 2.30. The smallest absolute Gasteiger partial charge is 0.232 e. The highest BCUT2D eigenvalue weighted by Gasteiger charge is 2.15. The SMILES string of the molecule is CCNCCCS(=O)(=O)Nc1c(F)cccc1Br. The molecule has 0 aromatic heterocycles. The second-order valence-corrected chi connectivity index (χ2v) is 6.42. The van der Waals surface area contributed by atoms with Gasteiger partial charge in [0.2, 0.25) is 10.0 Å². The molecule has 0 saturated heterocycles. The van der Waals surface area contributed by atoms with Gasteiger partial charge in [0.05, 0.1) is 11.4 Å². The van der Waals surface area contributed by atoms with Crippen LogP contribution in [0.3, 0.4) is 0 Å². The summed E-state index contributed by atoms with van der Waals surface area (Å²) in [4.78, 5) is 0. The highest BCUT2D eigenvalue weighted by molar-refractivity contribution is 9.10. The van der Waals surface area contributed by atoms with Gasteiger partial charge in [-0.25, -0.2) is 12.8 Å². The van der Waals surface area contributed by atoms with Gasteiger partial charge >= 0.3 is 0 Å². The van der Waals surface area contributed by atoms with Crippen LogP contribution >= 0.6 is 15.9 Å². The lowest BCUT2D eigenvalue weighted by Gasteiger charge is -2.10. The molecule has 1 aromatic carbocycles. The maximum atomic E-state index is 13.5. The third-order valence-corrected chi connectivity index (χ3v) is 4.24. The standard InChI is InChI=1S/C11H16BrFN2O2S/c1-2-14-7-4-8-18(16,17)15-11-9(12)5-3-6-10(11)13/h3,5-6,14-15H,2,4,7-8H2,1H3. The van der Waals surface area contributed by atoms with Crippen LogP contribution in [0.25, 0.3) is 0 Å². The Hall–Kier alpha value is -0.660. The van der Waals surface area contributed by atoms with E-state index in [-0.39, 0.29) is 11.4 Å². The Balaban J connectivity index is 2.65. The Morgan fingerprint density at radius 1 is 1.39 bits per heavy atom. The molecule has 0 aliphatic heterocycles. The molecule has 102 valence electrons. The van der Waals surface area contributed by atoms with Crippen molar-refractivity contribution in [2.45, 2.75) is 13.3 Å². The van der Waals surface area contributed by atoms with Crippen LogP contribution in [0.15, 0.2) is 22.7 Å². The lowest BCUT2D eigenvalue weighted by atomic mass is 10.3. The minimum atomic E-state index is -3.52. The van der Waals surface area contributed by atoms with E-state index in [2.05, 4.69) is 26.0 Å². The van der Waals surface area contributed by atoms with Gasteiger partial charge in [0.15, 0.2) is 0 Å². The molecule has 0 spiro atoms. The summed E-state index contributed by atoms with van der Waals surface area (Å²) >= 11 is 3.11. The van der Waals surface area contributed by atoms with Gasteiger partial charge in [-0.2, -0.15) is 0 Å². The number of para-hydroxylation sites is 1. The quantitative estimate of drug-likeness (QED) is 0.750. The third-order valence-electron chi connectivity index (χ3n) is 2.24. The topological polar surface area (TPSA) is 58.2 Å². The molecule has 18 heavy (non-hydrogen) atoms. The molecule has 0 bridgehead atoms. The Labute approximate surface area is 115 Å². The summed E-state index contributed by atoms with van der Waals surface area (Å²) in [6, 6.07) is 4.29. The van der Waals surface area contributed by atoms with Gasteiger partial charge in [-0.1, -0.05) is 13.0 Å². The predicted octanol–water partition coefficient (Wildman–Crippen LogP) is 2.33. The van der Waals surface area contributed by atoms with Gasteiger partial charge in [0.1, 0.15) is 5.82 Å². The summed E-state index contributed by atoms with van der Waals surface area (Å²) in [7, 11) is -3.52. The zero-order chi connectivity index (χ0) is 13.6. The molecule has 1 rings (SSSR count). The number of hydrogen-bond donors (Lipinski definition) is 2. The van der Waals surface area contributed by atoms with Crippen LogP contribution in [0.5, 0.6) is 0 Å². The number of anilines is 1. The number of halogens is 2. The zero-order valence-corrected chi connectivity index (χ0v) is 12.4. The van der Waals surface area contributed by atoms with Crippen LogP contribution in [-0.4, -0.2) is 27.3 Å². The second-order valence-electron chi connectivity index (χ2n) is 3.72. The van der Waals surface area contributed by atoms with Crippen molar-refractivity contribution in [3.05, 3.63) is 28.5 Å². The van der Waals surface area contributed by atoms with Gasteiger partial charge in [0.25, 0.3) is 0 Å².